The highest BCUT2D eigenvalue weighted by molar-refractivity contribution is 5.70. The van der Waals surface area contributed by atoms with E-state index in [1.807, 2.05) is 31.2 Å². The average molecular weight is 427 g/mol. The first kappa shape index (κ1) is 21.7. The number of rotatable bonds is 8. The van der Waals surface area contributed by atoms with E-state index in [1.165, 1.54) is 32.4 Å². The van der Waals surface area contributed by atoms with Crippen molar-refractivity contribution in [1.82, 2.24) is 20.0 Å². The number of likely N-dealkylation sites (tertiary alicyclic amines) is 1. The number of hydrogen-bond donors (Lipinski definition) is 1. The van der Waals surface area contributed by atoms with E-state index in [1.54, 1.807) is 10.7 Å². The normalized spacial score (nSPS) is 17.6. The Hall–Kier alpha value is -2.54. The van der Waals surface area contributed by atoms with Gasteiger partial charge in [0.25, 0.3) is 0 Å². The Morgan fingerprint density at radius 3 is 2.58 bits per heavy atom. The van der Waals surface area contributed by atoms with E-state index in [-0.39, 0.29) is 6.04 Å². The summed E-state index contributed by atoms with van der Waals surface area (Å²) >= 11 is 0. The number of hydrogen-bond acceptors (Lipinski definition) is 5. The molecule has 2 aliphatic rings. The molecule has 1 aliphatic carbocycles. The van der Waals surface area contributed by atoms with Gasteiger partial charge in [-0.3, -0.25) is 0 Å². The fourth-order valence-electron chi connectivity index (χ4n) is 4.44. The molecule has 1 saturated heterocycles. The van der Waals surface area contributed by atoms with Gasteiger partial charge in [0.15, 0.2) is 0 Å². The molecule has 4 rings (SSSR count). The van der Waals surface area contributed by atoms with Gasteiger partial charge in [-0.2, -0.15) is 5.10 Å². The molecule has 0 atom stereocenters. The van der Waals surface area contributed by atoms with Gasteiger partial charge in [-0.25, -0.2) is 9.48 Å². The first-order valence-corrected chi connectivity index (χ1v) is 11.7. The summed E-state index contributed by atoms with van der Waals surface area (Å²) in [7, 11) is 0. The van der Waals surface area contributed by atoms with Crippen molar-refractivity contribution in [1.29, 1.82) is 0 Å². The van der Waals surface area contributed by atoms with Crippen molar-refractivity contribution in [2.45, 2.75) is 64.3 Å². The number of carbonyl (C=O) groups excluding carboxylic acids is 1. The van der Waals surface area contributed by atoms with Gasteiger partial charge < -0.3 is 19.7 Å². The lowest BCUT2D eigenvalue weighted by atomic mass is 9.96. The molecule has 7 nitrogen and oxygen atoms in total. The van der Waals surface area contributed by atoms with Crippen molar-refractivity contribution in [3.05, 3.63) is 36.0 Å². The fourth-order valence-corrected chi connectivity index (χ4v) is 4.44. The van der Waals surface area contributed by atoms with Crippen molar-refractivity contribution in [3.8, 4) is 17.3 Å². The number of ether oxygens (including phenoxy) is 2. The Balaban J connectivity index is 1.30. The fraction of sp³-hybridized carbons (Fsp3) is 0.583. The molecule has 2 aromatic rings. The zero-order chi connectivity index (χ0) is 21.5. The minimum absolute atomic E-state index is 0.209. The zero-order valence-corrected chi connectivity index (χ0v) is 18.5. The van der Waals surface area contributed by atoms with E-state index in [0.717, 1.165) is 55.8 Å². The summed E-state index contributed by atoms with van der Waals surface area (Å²) in [5.41, 5.74) is 1.63. The summed E-state index contributed by atoms with van der Waals surface area (Å²) in [5.74, 6) is 1.26. The Morgan fingerprint density at radius 1 is 1.10 bits per heavy atom. The van der Waals surface area contributed by atoms with Crippen molar-refractivity contribution < 1.29 is 14.3 Å². The van der Waals surface area contributed by atoms with Crippen LogP contribution in [0.15, 0.2) is 30.3 Å². The van der Waals surface area contributed by atoms with E-state index >= 15 is 0 Å². The molecule has 1 aromatic heterocycles. The molecule has 31 heavy (non-hydrogen) atoms. The average Bonchev–Trinajstić information content (AvgIpc) is 3.42. The van der Waals surface area contributed by atoms with Crippen LogP contribution in [0.1, 0.15) is 57.1 Å². The summed E-state index contributed by atoms with van der Waals surface area (Å²) in [6, 6.07) is 9.74. The number of benzene rings is 1. The molecule has 2 heterocycles. The molecule has 0 radical (unpaired) electrons. The van der Waals surface area contributed by atoms with Gasteiger partial charge >= 0.3 is 6.09 Å². The van der Waals surface area contributed by atoms with Crippen LogP contribution in [0.2, 0.25) is 0 Å². The Morgan fingerprint density at radius 2 is 1.84 bits per heavy atom. The second-order valence-electron chi connectivity index (χ2n) is 8.65. The molecule has 168 valence electrons. The predicted molar refractivity (Wildman–Crippen MR) is 120 cm³/mol. The number of nitrogens with one attached hydrogen (secondary N) is 1. The summed E-state index contributed by atoms with van der Waals surface area (Å²) < 4.78 is 13.1. The van der Waals surface area contributed by atoms with Crippen LogP contribution in [0.5, 0.6) is 11.6 Å². The van der Waals surface area contributed by atoms with Crippen molar-refractivity contribution >= 4 is 6.09 Å². The van der Waals surface area contributed by atoms with Crippen LogP contribution in [0.25, 0.3) is 5.69 Å². The number of aromatic nitrogens is 2. The third-order valence-corrected chi connectivity index (χ3v) is 6.09. The minimum Gasteiger partial charge on any atom is -0.494 e. The molecule has 1 amide bonds. The third kappa shape index (κ3) is 6.23. The Kier molecular flexibility index (Phi) is 7.46. The topological polar surface area (TPSA) is 68.6 Å². The first-order chi connectivity index (χ1) is 15.2. The molecule has 1 aromatic carbocycles. The van der Waals surface area contributed by atoms with Gasteiger partial charge in [0.1, 0.15) is 5.75 Å². The van der Waals surface area contributed by atoms with Crippen LogP contribution in [0.3, 0.4) is 0 Å². The number of amides is 1. The molecular formula is C24H34N4O3. The van der Waals surface area contributed by atoms with E-state index in [2.05, 4.69) is 15.3 Å². The maximum atomic E-state index is 12.4. The molecule has 0 bridgehead atoms. The van der Waals surface area contributed by atoms with Gasteiger partial charge in [-0.1, -0.05) is 19.3 Å². The highest BCUT2D eigenvalue weighted by atomic mass is 16.6. The van der Waals surface area contributed by atoms with E-state index in [4.69, 9.17) is 9.47 Å². The molecular weight excluding hydrogens is 392 g/mol. The summed E-state index contributed by atoms with van der Waals surface area (Å²) in [4.78, 5) is 14.9. The molecule has 2 fully saturated rings. The van der Waals surface area contributed by atoms with Crippen molar-refractivity contribution in [3.63, 3.8) is 0 Å². The maximum absolute atomic E-state index is 12.4. The smallest absolute Gasteiger partial charge is 0.414 e. The van der Waals surface area contributed by atoms with Crippen LogP contribution in [0.4, 0.5) is 4.79 Å². The van der Waals surface area contributed by atoms with Gasteiger partial charge in [0, 0.05) is 18.7 Å². The number of aryl methyl sites for hydroxylation is 1. The largest absolute Gasteiger partial charge is 0.494 e. The maximum Gasteiger partial charge on any atom is 0.414 e. The Bertz CT molecular complexity index is 837. The highest BCUT2D eigenvalue weighted by Gasteiger charge is 2.19. The van der Waals surface area contributed by atoms with Gasteiger partial charge in [-0.05, 0) is 76.4 Å². The second-order valence-corrected chi connectivity index (χ2v) is 8.65. The number of nitrogens with zero attached hydrogens (tertiary/aromatic N) is 3. The van der Waals surface area contributed by atoms with E-state index in [0.29, 0.717) is 12.5 Å². The van der Waals surface area contributed by atoms with Gasteiger partial charge in [0.2, 0.25) is 5.88 Å². The monoisotopic (exact) mass is 426 g/mol. The lowest BCUT2D eigenvalue weighted by Gasteiger charge is -2.22. The molecule has 1 N–H and O–H groups in total. The second kappa shape index (κ2) is 10.7. The lowest BCUT2D eigenvalue weighted by molar-refractivity contribution is 0.189. The number of carbonyl (C=O) groups is 1. The van der Waals surface area contributed by atoms with Crippen LogP contribution >= 0.6 is 0 Å². The van der Waals surface area contributed by atoms with E-state index < -0.39 is 6.09 Å². The standard InChI is InChI=1S/C24H34N4O3/c1-19-18-23(31-24(29)25-20-8-3-2-4-9-20)28(26-19)21-10-12-22(13-11-21)30-17-7-16-27-14-5-6-15-27/h10-13,18,20H,2-9,14-17H2,1H3,(H,25,29). The first-order valence-electron chi connectivity index (χ1n) is 11.7. The quantitative estimate of drug-likeness (QED) is 0.631. The van der Waals surface area contributed by atoms with E-state index in [9.17, 15) is 4.79 Å². The van der Waals surface area contributed by atoms with Crippen LogP contribution in [0, 0.1) is 6.92 Å². The van der Waals surface area contributed by atoms with Crippen LogP contribution < -0.4 is 14.8 Å². The van der Waals surface area contributed by atoms with Gasteiger partial charge in [-0.15, -0.1) is 0 Å². The third-order valence-electron chi connectivity index (χ3n) is 6.09. The summed E-state index contributed by atoms with van der Waals surface area (Å²) in [6.45, 7) is 6.16. The zero-order valence-electron chi connectivity index (χ0n) is 18.5. The molecule has 1 aliphatic heterocycles. The van der Waals surface area contributed by atoms with Crippen LogP contribution in [-0.2, 0) is 0 Å². The summed E-state index contributed by atoms with van der Waals surface area (Å²) in [6.07, 6.45) is 8.88. The predicted octanol–water partition coefficient (Wildman–Crippen LogP) is 4.47. The van der Waals surface area contributed by atoms with Crippen molar-refractivity contribution in [2.75, 3.05) is 26.2 Å². The van der Waals surface area contributed by atoms with Crippen molar-refractivity contribution in [2.24, 2.45) is 0 Å². The minimum atomic E-state index is -0.411. The SMILES string of the molecule is Cc1cc(OC(=O)NC2CCCCC2)n(-c2ccc(OCCCN3CCCC3)cc2)n1. The highest BCUT2D eigenvalue weighted by Crippen LogP contribution is 2.23. The molecule has 0 unspecified atom stereocenters. The van der Waals surface area contributed by atoms with Gasteiger partial charge in [0.05, 0.1) is 18.0 Å². The van der Waals surface area contributed by atoms with Crippen LogP contribution in [-0.4, -0.2) is 53.1 Å². The molecule has 1 saturated carbocycles. The molecule has 7 heteroatoms. The Labute approximate surface area is 184 Å². The molecule has 0 spiro atoms. The summed E-state index contributed by atoms with van der Waals surface area (Å²) in [5, 5.41) is 7.48. The lowest BCUT2D eigenvalue weighted by Crippen LogP contribution is -2.38.